The van der Waals surface area contributed by atoms with E-state index in [0.717, 1.165) is 25.3 Å². The highest BCUT2D eigenvalue weighted by Gasteiger charge is 2.69. The van der Waals surface area contributed by atoms with Crippen molar-refractivity contribution in [3.63, 3.8) is 0 Å². The lowest BCUT2D eigenvalue weighted by Gasteiger charge is -2.35. The maximum Gasteiger partial charge on any atom is 0.315 e. The van der Waals surface area contributed by atoms with E-state index in [4.69, 9.17) is 5.73 Å². The van der Waals surface area contributed by atoms with Crippen molar-refractivity contribution in [2.75, 3.05) is 13.1 Å². The Balaban J connectivity index is 1.82. The molecule has 0 radical (unpaired) electrons. The van der Waals surface area contributed by atoms with Crippen molar-refractivity contribution in [1.82, 2.24) is 26.2 Å². The molecule has 12 nitrogen and oxygen atoms in total. The van der Waals surface area contributed by atoms with Crippen LogP contribution in [0.2, 0.25) is 0 Å². The van der Waals surface area contributed by atoms with Crippen LogP contribution in [-0.4, -0.2) is 77.1 Å². The second-order valence-electron chi connectivity index (χ2n) is 12.6. The number of primary amides is 1. The van der Waals surface area contributed by atoms with Gasteiger partial charge in [-0.25, -0.2) is 4.79 Å². The molecule has 1 aliphatic heterocycles. The third-order valence-electron chi connectivity index (χ3n) is 8.19. The number of Topliss-reactive ketones (excluding diaryl/α,β-unsaturated/α-hetero) is 1. The average Bonchev–Trinajstić information content (AvgIpc) is 3.14. The summed E-state index contributed by atoms with van der Waals surface area (Å²) >= 11 is 0. The van der Waals surface area contributed by atoms with Crippen LogP contribution in [0, 0.1) is 23.2 Å². The van der Waals surface area contributed by atoms with Crippen LogP contribution < -0.4 is 27.0 Å². The van der Waals surface area contributed by atoms with Crippen LogP contribution in [0.1, 0.15) is 60.3 Å². The molecular formula is C27H42N6O6. The number of carbonyl (C=O) groups excluding carboxylic acids is 6. The molecule has 39 heavy (non-hydrogen) atoms. The van der Waals surface area contributed by atoms with Crippen LogP contribution in [0.25, 0.3) is 0 Å². The van der Waals surface area contributed by atoms with Crippen molar-refractivity contribution in [2.45, 2.75) is 84.0 Å². The largest absolute Gasteiger partial charge is 0.363 e. The molecule has 0 aromatic heterocycles. The Labute approximate surface area is 229 Å². The van der Waals surface area contributed by atoms with Crippen molar-refractivity contribution < 1.29 is 28.8 Å². The highest BCUT2D eigenvalue weighted by molar-refractivity contribution is 6.37. The van der Waals surface area contributed by atoms with E-state index < -0.39 is 59.1 Å². The molecular weight excluding hydrogens is 504 g/mol. The molecule has 1 heterocycles. The Morgan fingerprint density at radius 1 is 1.08 bits per heavy atom. The molecule has 12 heteroatoms. The molecule has 3 aliphatic rings. The van der Waals surface area contributed by atoms with E-state index >= 15 is 0 Å². The topological polar surface area (TPSA) is 180 Å². The van der Waals surface area contributed by atoms with Crippen LogP contribution in [0.15, 0.2) is 12.7 Å². The summed E-state index contributed by atoms with van der Waals surface area (Å²) in [6, 6.07) is -3.74. The second kappa shape index (κ2) is 11.4. The van der Waals surface area contributed by atoms with E-state index in [1.54, 1.807) is 20.8 Å². The molecule has 3 rings (SSSR count). The SMILES string of the molecule is C=CC(=O)NC[C@H](NC(=O)NC(C)(C)C)C(=O)N1CC2C(C1C(=O)NC(CC1CCC1)C(=O)C(N)=O)C2(C)C. The molecule has 4 unspecified atom stereocenters. The zero-order valence-corrected chi connectivity index (χ0v) is 23.5. The minimum atomic E-state index is -1.16. The number of piperidine rings is 1. The normalized spacial score (nSPS) is 24.7. The average molecular weight is 547 g/mol. The Morgan fingerprint density at radius 2 is 1.72 bits per heavy atom. The number of rotatable bonds is 11. The monoisotopic (exact) mass is 546 g/mol. The highest BCUT2D eigenvalue weighted by atomic mass is 16.2. The molecule has 6 N–H and O–H groups in total. The summed E-state index contributed by atoms with van der Waals surface area (Å²) in [6.07, 6.45) is 4.21. The van der Waals surface area contributed by atoms with E-state index in [0.29, 0.717) is 6.42 Å². The molecule has 1 saturated heterocycles. The fraction of sp³-hybridized carbons (Fsp3) is 0.704. The first-order valence-corrected chi connectivity index (χ1v) is 13.5. The summed E-state index contributed by atoms with van der Waals surface area (Å²) in [5, 5.41) is 10.6. The Hall–Kier alpha value is -3.44. The van der Waals surface area contributed by atoms with Crippen molar-refractivity contribution in [3.8, 4) is 0 Å². The Morgan fingerprint density at radius 3 is 2.23 bits per heavy atom. The lowest BCUT2D eigenvalue weighted by Crippen LogP contribution is -2.61. The molecule has 5 atom stereocenters. The number of carbonyl (C=O) groups is 6. The number of hydrogen-bond donors (Lipinski definition) is 5. The fourth-order valence-corrected chi connectivity index (χ4v) is 5.75. The number of hydrogen-bond acceptors (Lipinski definition) is 6. The predicted molar refractivity (Wildman–Crippen MR) is 143 cm³/mol. The number of amides is 6. The Kier molecular flexibility index (Phi) is 8.76. The van der Waals surface area contributed by atoms with Gasteiger partial charge in [0.15, 0.2) is 0 Å². The van der Waals surface area contributed by atoms with Gasteiger partial charge in [0, 0.05) is 18.6 Å². The molecule has 2 saturated carbocycles. The molecule has 2 aliphatic carbocycles. The molecule has 0 spiro atoms. The third kappa shape index (κ3) is 6.96. The first kappa shape index (κ1) is 30.1. The van der Waals surface area contributed by atoms with Crippen molar-refractivity contribution in [3.05, 3.63) is 12.7 Å². The summed E-state index contributed by atoms with van der Waals surface area (Å²) < 4.78 is 0. The van der Waals surface area contributed by atoms with E-state index in [2.05, 4.69) is 27.8 Å². The van der Waals surface area contributed by atoms with Gasteiger partial charge < -0.3 is 31.9 Å². The van der Waals surface area contributed by atoms with Gasteiger partial charge in [-0.05, 0) is 56.4 Å². The summed E-state index contributed by atoms with van der Waals surface area (Å²) in [5.41, 5.74) is 4.48. The van der Waals surface area contributed by atoms with Crippen LogP contribution in [-0.2, 0) is 24.0 Å². The molecule has 0 aromatic carbocycles. The standard InChI is InChI=1S/C27H42N6O6/c1-7-18(34)29-12-17(31-25(39)32-26(2,3)4)24(38)33-13-15-19(27(15,5)6)20(33)23(37)30-16(21(35)22(28)36)11-14-9-8-10-14/h7,14-17,19-20H,1,8-13H2,2-6H3,(H2,28,36)(H,29,34)(H,30,37)(H2,31,32,39)/t15?,16?,17-,19?,20?/m0/s1. The van der Waals surface area contributed by atoms with Crippen LogP contribution in [0.5, 0.6) is 0 Å². The van der Waals surface area contributed by atoms with E-state index in [1.807, 2.05) is 13.8 Å². The smallest absolute Gasteiger partial charge is 0.315 e. The first-order chi connectivity index (χ1) is 18.1. The highest BCUT2D eigenvalue weighted by Crippen LogP contribution is 2.64. The minimum absolute atomic E-state index is 0.0425. The van der Waals surface area contributed by atoms with Gasteiger partial charge >= 0.3 is 6.03 Å². The number of ketones is 1. The van der Waals surface area contributed by atoms with Gasteiger partial charge in [0.05, 0.1) is 6.04 Å². The minimum Gasteiger partial charge on any atom is -0.363 e. The second-order valence-corrected chi connectivity index (χ2v) is 12.6. The molecule has 216 valence electrons. The molecule has 0 aromatic rings. The van der Waals surface area contributed by atoms with Gasteiger partial charge in [-0.3, -0.25) is 24.0 Å². The maximum atomic E-state index is 13.8. The summed E-state index contributed by atoms with van der Waals surface area (Å²) in [5.74, 6) is -3.47. The summed E-state index contributed by atoms with van der Waals surface area (Å²) in [4.78, 5) is 77.6. The van der Waals surface area contributed by atoms with Crippen LogP contribution >= 0.6 is 0 Å². The number of nitrogens with two attached hydrogens (primary N) is 1. The lowest BCUT2D eigenvalue weighted by atomic mass is 9.80. The quantitative estimate of drug-likeness (QED) is 0.179. The Bertz CT molecular complexity index is 1050. The van der Waals surface area contributed by atoms with Crippen LogP contribution in [0.4, 0.5) is 4.79 Å². The molecule has 0 bridgehead atoms. The summed E-state index contributed by atoms with van der Waals surface area (Å²) in [7, 11) is 0. The number of likely N-dealkylation sites (tertiary alicyclic amines) is 1. The lowest BCUT2D eigenvalue weighted by molar-refractivity contribution is -0.143. The first-order valence-electron chi connectivity index (χ1n) is 13.5. The van der Waals surface area contributed by atoms with E-state index in [1.165, 1.54) is 4.90 Å². The third-order valence-corrected chi connectivity index (χ3v) is 8.19. The van der Waals surface area contributed by atoms with Gasteiger partial charge in [0.2, 0.25) is 23.5 Å². The van der Waals surface area contributed by atoms with Gasteiger partial charge in [0.25, 0.3) is 5.91 Å². The van der Waals surface area contributed by atoms with Gasteiger partial charge in [-0.2, -0.15) is 0 Å². The van der Waals surface area contributed by atoms with E-state index in [9.17, 15) is 28.8 Å². The van der Waals surface area contributed by atoms with Crippen molar-refractivity contribution in [2.24, 2.45) is 28.9 Å². The number of urea groups is 1. The fourth-order valence-electron chi connectivity index (χ4n) is 5.75. The zero-order valence-electron chi connectivity index (χ0n) is 23.5. The number of nitrogens with zero attached hydrogens (tertiary/aromatic N) is 1. The van der Waals surface area contributed by atoms with Gasteiger partial charge in [-0.1, -0.05) is 39.7 Å². The van der Waals surface area contributed by atoms with Gasteiger partial charge in [-0.15, -0.1) is 0 Å². The molecule has 3 fully saturated rings. The number of nitrogens with one attached hydrogen (secondary N) is 4. The van der Waals surface area contributed by atoms with Crippen molar-refractivity contribution >= 4 is 35.4 Å². The summed E-state index contributed by atoms with van der Waals surface area (Å²) in [6.45, 7) is 12.9. The predicted octanol–water partition coefficient (Wildman–Crippen LogP) is -0.0327. The zero-order chi connectivity index (χ0) is 29.3. The van der Waals surface area contributed by atoms with Crippen molar-refractivity contribution in [1.29, 1.82) is 0 Å². The molecule has 6 amide bonds. The van der Waals surface area contributed by atoms with Gasteiger partial charge in [0.1, 0.15) is 12.1 Å². The van der Waals surface area contributed by atoms with Crippen LogP contribution in [0.3, 0.4) is 0 Å². The van der Waals surface area contributed by atoms with E-state index in [-0.39, 0.29) is 36.3 Å². The maximum absolute atomic E-state index is 13.8. The number of fused-ring (bicyclic) bond motifs is 1.